The molecule has 4 rings (SSSR count). The predicted molar refractivity (Wildman–Crippen MR) is 102 cm³/mol. The van der Waals surface area contributed by atoms with Crippen LogP contribution in [0.1, 0.15) is 35.2 Å². The van der Waals surface area contributed by atoms with Gasteiger partial charge >= 0.3 is 0 Å². The molecule has 24 heavy (non-hydrogen) atoms. The van der Waals surface area contributed by atoms with Crippen molar-refractivity contribution >= 4 is 22.9 Å². The average molecular weight is 335 g/mol. The minimum atomic E-state index is 0.498. The van der Waals surface area contributed by atoms with E-state index in [9.17, 15) is 0 Å². The average Bonchev–Trinajstić information content (AvgIpc) is 2.92. The van der Waals surface area contributed by atoms with Crippen molar-refractivity contribution < 1.29 is 0 Å². The van der Waals surface area contributed by atoms with Crippen LogP contribution in [-0.4, -0.2) is 14.4 Å². The SMILES string of the molecule is Cc1ccc2nc(-c3ccc4c(c3)CCCC4)c(CC(N)=S)n2c1. The fourth-order valence-electron chi connectivity index (χ4n) is 3.65. The lowest BCUT2D eigenvalue weighted by molar-refractivity contribution is 0.686. The molecule has 0 atom stereocenters. The van der Waals surface area contributed by atoms with E-state index >= 15 is 0 Å². The van der Waals surface area contributed by atoms with E-state index in [0.717, 1.165) is 17.0 Å². The first kappa shape index (κ1) is 15.3. The van der Waals surface area contributed by atoms with Crippen LogP contribution in [0.15, 0.2) is 36.5 Å². The number of rotatable bonds is 3. The maximum atomic E-state index is 5.86. The molecule has 0 spiro atoms. The first-order chi connectivity index (χ1) is 11.6. The van der Waals surface area contributed by atoms with E-state index in [-0.39, 0.29) is 0 Å². The number of aromatic nitrogens is 2. The van der Waals surface area contributed by atoms with Gasteiger partial charge in [-0.2, -0.15) is 0 Å². The van der Waals surface area contributed by atoms with E-state index in [1.807, 2.05) is 0 Å². The zero-order valence-corrected chi connectivity index (χ0v) is 14.7. The second kappa shape index (κ2) is 6.02. The number of aryl methyl sites for hydroxylation is 3. The number of fused-ring (bicyclic) bond motifs is 2. The molecule has 3 nitrogen and oxygen atoms in total. The highest BCUT2D eigenvalue weighted by atomic mass is 32.1. The number of benzene rings is 1. The molecule has 1 aliphatic carbocycles. The number of hydrogen-bond acceptors (Lipinski definition) is 2. The molecule has 3 aromatic rings. The molecule has 122 valence electrons. The van der Waals surface area contributed by atoms with Crippen molar-refractivity contribution in [2.75, 3.05) is 0 Å². The summed E-state index contributed by atoms with van der Waals surface area (Å²) in [5.41, 5.74) is 14.2. The van der Waals surface area contributed by atoms with Gasteiger partial charge in [-0.1, -0.05) is 30.4 Å². The first-order valence-electron chi connectivity index (χ1n) is 8.50. The molecule has 0 saturated carbocycles. The molecule has 0 amide bonds. The van der Waals surface area contributed by atoms with E-state index in [4.69, 9.17) is 22.9 Å². The summed E-state index contributed by atoms with van der Waals surface area (Å²) in [5, 5.41) is 0. The van der Waals surface area contributed by atoms with Crippen molar-refractivity contribution in [3.63, 3.8) is 0 Å². The Morgan fingerprint density at radius 2 is 1.96 bits per heavy atom. The van der Waals surface area contributed by atoms with Gasteiger partial charge in [-0.05, 0) is 61.4 Å². The summed E-state index contributed by atoms with van der Waals surface area (Å²) in [6.07, 6.45) is 7.61. The summed E-state index contributed by atoms with van der Waals surface area (Å²) in [5.74, 6) is 0. The van der Waals surface area contributed by atoms with Gasteiger partial charge in [0.05, 0.1) is 16.4 Å². The zero-order valence-electron chi connectivity index (χ0n) is 13.9. The van der Waals surface area contributed by atoms with E-state index < -0.39 is 0 Å². The minimum Gasteiger partial charge on any atom is -0.393 e. The quantitative estimate of drug-likeness (QED) is 0.735. The van der Waals surface area contributed by atoms with Gasteiger partial charge in [0.1, 0.15) is 5.65 Å². The summed E-state index contributed by atoms with van der Waals surface area (Å²) in [6.45, 7) is 2.09. The van der Waals surface area contributed by atoms with Crippen LogP contribution in [0, 0.1) is 6.92 Å². The maximum absolute atomic E-state index is 5.86. The van der Waals surface area contributed by atoms with Gasteiger partial charge in [0.2, 0.25) is 0 Å². The standard InChI is InChI=1S/C20H21N3S/c1-13-6-9-19-22-20(17(11-18(21)24)23(19)12-13)16-8-7-14-4-2-3-5-15(14)10-16/h6-10,12H,2-5,11H2,1H3,(H2,21,24). The van der Waals surface area contributed by atoms with Gasteiger partial charge in [-0.25, -0.2) is 4.98 Å². The molecule has 2 N–H and O–H groups in total. The zero-order chi connectivity index (χ0) is 16.7. The number of nitrogens with two attached hydrogens (primary N) is 1. The van der Waals surface area contributed by atoms with Crippen LogP contribution >= 0.6 is 12.2 Å². The Morgan fingerprint density at radius 3 is 2.75 bits per heavy atom. The van der Waals surface area contributed by atoms with Crippen LogP contribution in [-0.2, 0) is 19.3 Å². The molecule has 0 radical (unpaired) electrons. The molecular formula is C20H21N3S. The summed E-state index contributed by atoms with van der Waals surface area (Å²) < 4.78 is 2.13. The van der Waals surface area contributed by atoms with Crippen molar-refractivity contribution in [1.82, 2.24) is 9.38 Å². The van der Waals surface area contributed by atoms with E-state index in [0.29, 0.717) is 11.4 Å². The largest absolute Gasteiger partial charge is 0.393 e. The van der Waals surface area contributed by atoms with Crippen molar-refractivity contribution in [3.05, 3.63) is 58.9 Å². The lowest BCUT2D eigenvalue weighted by Crippen LogP contribution is -2.13. The van der Waals surface area contributed by atoms with Crippen LogP contribution in [0.25, 0.3) is 16.9 Å². The Hall–Kier alpha value is -2.20. The number of hydrogen-bond donors (Lipinski definition) is 1. The number of imidazole rings is 1. The Kier molecular flexibility index (Phi) is 3.85. The predicted octanol–water partition coefficient (Wildman–Crippen LogP) is 4.02. The van der Waals surface area contributed by atoms with Crippen LogP contribution < -0.4 is 5.73 Å². The smallest absolute Gasteiger partial charge is 0.137 e. The number of thiocarbonyl (C=S) groups is 1. The van der Waals surface area contributed by atoms with Crippen LogP contribution in [0.5, 0.6) is 0 Å². The molecule has 0 unspecified atom stereocenters. The van der Waals surface area contributed by atoms with Crippen molar-refractivity contribution in [3.8, 4) is 11.3 Å². The highest BCUT2D eigenvalue weighted by molar-refractivity contribution is 7.80. The molecular weight excluding hydrogens is 314 g/mol. The molecule has 0 bridgehead atoms. The monoisotopic (exact) mass is 335 g/mol. The van der Waals surface area contributed by atoms with E-state index in [1.54, 1.807) is 0 Å². The number of nitrogens with zero attached hydrogens (tertiary/aromatic N) is 2. The van der Waals surface area contributed by atoms with E-state index in [2.05, 4.69) is 47.9 Å². The second-order valence-corrected chi connectivity index (χ2v) is 7.20. The summed E-state index contributed by atoms with van der Waals surface area (Å²) >= 11 is 5.18. The summed E-state index contributed by atoms with van der Waals surface area (Å²) in [4.78, 5) is 5.37. The third kappa shape index (κ3) is 2.71. The van der Waals surface area contributed by atoms with Crippen molar-refractivity contribution in [2.45, 2.75) is 39.0 Å². The normalized spacial score (nSPS) is 13.9. The summed E-state index contributed by atoms with van der Waals surface area (Å²) in [6, 6.07) is 10.9. The van der Waals surface area contributed by atoms with Crippen LogP contribution in [0.3, 0.4) is 0 Å². The van der Waals surface area contributed by atoms with Gasteiger partial charge in [-0.3, -0.25) is 0 Å². The van der Waals surface area contributed by atoms with Gasteiger partial charge in [0, 0.05) is 18.2 Å². The Bertz CT molecular complexity index is 939. The molecule has 4 heteroatoms. The topological polar surface area (TPSA) is 43.3 Å². The second-order valence-electron chi connectivity index (χ2n) is 6.68. The minimum absolute atomic E-state index is 0.498. The molecule has 2 aromatic heterocycles. The Balaban J connectivity index is 1.90. The molecule has 1 aromatic carbocycles. The van der Waals surface area contributed by atoms with Crippen molar-refractivity contribution in [1.29, 1.82) is 0 Å². The van der Waals surface area contributed by atoms with Gasteiger partial charge in [0.15, 0.2) is 0 Å². The van der Waals surface area contributed by atoms with Gasteiger partial charge < -0.3 is 10.1 Å². The third-order valence-corrected chi connectivity index (χ3v) is 4.97. The fraction of sp³-hybridized carbons (Fsp3) is 0.300. The molecule has 0 saturated heterocycles. The maximum Gasteiger partial charge on any atom is 0.137 e. The lowest BCUT2D eigenvalue weighted by Gasteiger charge is -2.16. The fourth-order valence-corrected chi connectivity index (χ4v) is 3.78. The van der Waals surface area contributed by atoms with Gasteiger partial charge in [-0.15, -0.1) is 0 Å². The highest BCUT2D eigenvalue weighted by Crippen LogP contribution is 2.30. The van der Waals surface area contributed by atoms with Crippen LogP contribution in [0.2, 0.25) is 0 Å². The Morgan fingerprint density at radius 1 is 1.17 bits per heavy atom. The molecule has 1 aliphatic rings. The van der Waals surface area contributed by atoms with Gasteiger partial charge in [0.25, 0.3) is 0 Å². The molecule has 0 fully saturated rings. The third-order valence-electron chi connectivity index (χ3n) is 4.83. The Labute approximate surface area is 147 Å². The molecule has 0 aliphatic heterocycles. The lowest BCUT2D eigenvalue weighted by atomic mass is 9.89. The summed E-state index contributed by atoms with van der Waals surface area (Å²) in [7, 11) is 0. The van der Waals surface area contributed by atoms with Crippen molar-refractivity contribution in [2.24, 2.45) is 5.73 Å². The number of pyridine rings is 1. The molecule has 2 heterocycles. The van der Waals surface area contributed by atoms with E-state index in [1.165, 1.54) is 47.9 Å². The van der Waals surface area contributed by atoms with Crippen LogP contribution in [0.4, 0.5) is 0 Å². The first-order valence-corrected chi connectivity index (χ1v) is 8.91. The highest BCUT2D eigenvalue weighted by Gasteiger charge is 2.17.